The van der Waals surface area contributed by atoms with Crippen LogP contribution in [0.4, 0.5) is 0 Å². The van der Waals surface area contributed by atoms with E-state index in [1.54, 1.807) is 7.11 Å². The quantitative estimate of drug-likeness (QED) is 0.780. The van der Waals surface area contributed by atoms with Crippen molar-refractivity contribution in [2.45, 2.75) is 39.2 Å². The van der Waals surface area contributed by atoms with Gasteiger partial charge < -0.3 is 4.84 Å². The summed E-state index contributed by atoms with van der Waals surface area (Å²) in [6.07, 6.45) is 8.93. The van der Waals surface area contributed by atoms with Crippen LogP contribution in [0.3, 0.4) is 0 Å². The van der Waals surface area contributed by atoms with E-state index in [0.29, 0.717) is 5.57 Å². The molecule has 1 aromatic rings. The summed E-state index contributed by atoms with van der Waals surface area (Å²) in [5.74, 6) is 2.36. The van der Waals surface area contributed by atoms with E-state index in [4.69, 9.17) is 16.1 Å². The van der Waals surface area contributed by atoms with E-state index in [0.717, 1.165) is 42.6 Å². The van der Waals surface area contributed by atoms with Crippen LogP contribution in [-0.4, -0.2) is 48.4 Å². The monoisotopic (exact) mass is 354 g/mol. The molecule has 0 atom stereocenters. The van der Waals surface area contributed by atoms with Gasteiger partial charge in [0.2, 0.25) is 0 Å². The van der Waals surface area contributed by atoms with Crippen LogP contribution in [0.15, 0.2) is 18.2 Å². The van der Waals surface area contributed by atoms with Gasteiger partial charge in [-0.3, -0.25) is 9.63 Å². The van der Waals surface area contributed by atoms with Crippen molar-refractivity contribution in [1.82, 2.24) is 10.1 Å². The number of hydroxylamine groups is 4. The molecule has 0 unspecified atom stereocenters. The molecule has 3 rings (SSSR count). The molecule has 1 spiro atoms. The Balaban J connectivity index is 2.03. The second kappa shape index (κ2) is 7.24. The number of benzene rings is 1. The van der Waals surface area contributed by atoms with Gasteiger partial charge in [0.25, 0.3) is 5.91 Å². The summed E-state index contributed by atoms with van der Waals surface area (Å²) in [6.45, 7) is 7.71. The van der Waals surface area contributed by atoms with Crippen molar-refractivity contribution in [3.8, 4) is 12.3 Å². The van der Waals surface area contributed by atoms with Gasteiger partial charge in [-0.05, 0) is 56.4 Å². The molecule has 5 heteroatoms. The number of carbonyl (C=O) groups is 1. The molecule has 2 aliphatic rings. The zero-order valence-corrected chi connectivity index (χ0v) is 16.0. The van der Waals surface area contributed by atoms with Gasteiger partial charge in [-0.2, -0.15) is 5.06 Å². The van der Waals surface area contributed by atoms with Crippen molar-refractivity contribution >= 4 is 11.5 Å². The number of amides is 1. The molecule has 1 fully saturated rings. The fourth-order valence-electron chi connectivity index (χ4n) is 4.18. The number of nitrogens with zero attached hydrogens (tertiary/aromatic N) is 2. The molecule has 1 amide bonds. The van der Waals surface area contributed by atoms with Gasteiger partial charge in [0, 0.05) is 18.7 Å². The highest BCUT2D eigenvalue weighted by Crippen LogP contribution is 2.42. The first-order valence-corrected chi connectivity index (χ1v) is 8.93. The summed E-state index contributed by atoms with van der Waals surface area (Å²) >= 11 is 0. The van der Waals surface area contributed by atoms with Gasteiger partial charge in [-0.1, -0.05) is 23.6 Å². The summed E-state index contributed by atoms with van der Waals surface area (Å²) in [4.78, 5) is 24.3. The first kappa shape index (κ1) is 18.7. The molecule has 0 bridgehead atoms. The average molecular weight is 354 g/mol. The smallest absolute Gasteiger partial charge is 0.278 e. The largest absolute Gasteiger partial charge is 0.302 e. The van der Waals surface area contributed by atoms with E-state index < -0.39 is 5.54 Å². The Morgan fingerprint density at radius 2 is 1.81 bits per heavy atom. The molecule has 2 heterocycles. The summed E-state index contributed by atoms with van der Waals surface area (Å²) in [5.41, 5.74) is 4.64. The van der Waals surface area contributed by atoms with Gasteiger partial charge in [0.05, 0.1) is 12.6 Å². The van der Waals surface area contributed by atoms with Gasteiger partial charge in [-0.15, -0.1) is 6.42 Å². The summed E-state index contributed by atoms with van der Waals surface area (Å²) in [5, 5.41) is 3.41. The zero-order chi connectivity index (χ0) is 18.9. The lowest BCUT2D eigenvalue weighted by Crippen LogP contribution is -2.53. The van der Waals surface area contributed by atoms with Crippen molar-refractivity contribution in [2.75, 3.05) is 26.8 Å². The van der Waals surface area contributed by atoms with Gasteiger partial charge in [-0.25, -0.2) is 5.06 Å². The minimum Gasteiger partial charge on any atom is -0.302 e. The van der Waals surface area contributed by atoms with E-state index >= 15 is 0 Å². The molecular weight excluding hydrogens is 328 g/mol. The highest BCUT2D eigenvalue weighted by atomic mass is 16.7. The van der Waals surface area contributed by atoms with Crippen molar-refractivity contribution in [2.24, 2.45) is 0 Å². The highest BCUT2D eigenvalue weighted by molar-refractivity contribution is 6.22. The standard InChI is InChI=1S/C21H26N2O3/c1-6-11-26-23-20(24)18(19-16(3)12-15(2)13-17(19)4)14-21(23)7-9-22(25-5)10-8-21/h1,12-14H,7-11H2,2-5H3. The molecule has 0 aliphatic carbocycles. The molecule has 26 heavy (non-hydrogen) atoms. The van der Waals surface area contributed by atoms with E-state index in [1.165, 1.54) is 10.6 Å². The lowest BCUT2D eigenvalue weighted by atomic mass is 9.87. The molecule has 1 aromatic carbocycles. The molecule has 0 N–H and O–H groups in total. The minimum atomic E-state index is -0.470. The van der Waals surface area contributed by atoms with E-state index in [1.807, 2.05) is 5.06 Å². The van der Waals surface area contributed by atoms with Crippen molar-refractivity contribution < 1.29 is 14.5 Å². The lowest BCUT2D eigenvalue weighted by Gasteiger charge is -2.41. The van der Waals surface area contributed by atoms with Crippen LogP contribution < -0.4 is 0 Å². The molecule has 0 saturated carbocycles. The molecule has 5 nitrogen and oxygen atoms in total. The maximum atomic E-state index is 13.2. The summed E-state index contributed by atoms with van der Waals surface area (Å²) in [6, 6.07) is 4.23. The van der Waals surface area contributed by atoms with Crippen LogP contribution in [0, 0.1) is 33.1 Å². The first-order chi connectivity index (χ1) is 12.4. The first-order valence-electron chi connectivity index (χ1n) is 8.93. The van der Waals surface area contributed by atoms with E-state index in [9.17, 15) is 4.79 Å². The molecular formula is C21H26N2O3. The number of hydrogen-bond acceptors (Lipinski definition) is 4. The van der Waals surface area contributed by atoms with Crippen molar-refractivity contribution in [3.05, 3.63) is 40.5 Å². The van der Waals surface area contributed by atoms with Crippen LogP contribution in [0.2, 0.25) is 0 Å². The average Bonchev–Trinajstić information content (AvgIpc) is 2.85. The topological polar surface area (TPSA) is 42.0 Å². The number of piperidine rings is 1. The number of carbonyl (C=O) groups excluding carboxylic acids is 1. The zero-order valence-electron chi connectivity index (χ0n) is 16.0. The Morgan fingerprint density at radius 1 is 1.19 bits per heavy atom. The fourth-order valence-corrected chi connectivity index (χ4v) is 4.18. The Labute approximate surface area is 155 Å². The number of terminal acetylenes is 1. The maximum absolute atomic E-state index is 13.2. The lowest BCUT2D eigenvalue weighted by molar-refractivity contribution is -0.221. The Kier molecular flexibility index (Phi) is 5.19. The third-order valence-electron chi connectivity index (χ3n) is 5.30. The Hall–Kier alpha value is -2.13. The molecule has 1 saturated heterocycles. The molecule has 138 valence electrons. The van der Waals surface area contributed by atoms with Gasteiger partial charge >= 0.3 is 0 Å². The van der Waals surface area contributed by atoms with Crippen LogP contribution in [0.25, 0.3) is 5.57 Å². The number of aryl methyl sites for hydroxylation is 3. The summed E-state index contributed by atoms with van der Waals surface area (Å²) < 4.78 is 0. The predicted octanol–water partition coefficient (Wildman–Crippen LogP) is 2.80. The highest BCUT2D eigenvalue weighted by Gasteiger charge is 2.49. The van der Waals surface area contributed by atoms with Crippen LogP contribution in [-0.2, 0) is 14.5 Å². The fraction of sp³-hybridized carbons (Fsp3) is 0.476. The Bertz CT molecular complexity index is 760. The second-order valence-electron chi connectivity index (χ2n) is 7.12. The predicted molar refractivity (Wildman–Crippen MR) is 101 cm³/mol. The van der Waals surface area contributed by atoms with E-state index in [-0.39, 0.29) is 12.5 Å². The number of rotatable bonds is 4. The van der Waals surface area contributed by atoms with Gasteiger partial charge in [0.1, 0.15) is 6.61 Å². The minimum absolute atomic E-state index is 0.0778. The molecule has 0 radical (unpaired) electrons. The normalized spacial score (nSPS) is 19.7. The van der Waals surface area contributed by atoms with Crippen LogP contribution in [0.5, 0.6) is 0 Å². The SMILES string of the molecule is C#CCON1C(=O)C(c2c(C)cc(C)cc2C)=CC12CCN(OC)CC2. The summed E-state index contributed by atoms with van der Waals surface area (Å²) in [7, 11) is 1.67. The second-order valence-corrected chi connectivity index (χ2v) is 7.12. The van der Waals surface area contributed by atoms with E-state index in [2.05, 4.69) is 44.9 Å². The third kappa shape index (κ3) is 3.16. The van der Waals surface area contributed by atoms with Gasteiger partial charge in [0.15, 0.2) is 0 Å². The number of hydrogen-bond donors (Lipinski definition) is 0. The molecule has 0 aromatic heterocycles. The van der Waals surface area contributed by atoms with Crippen LogP contribution in [0.1, 0.15) is 35.1 Å². The third-order valence-corrected chi connectivity index (χ3v) is 5.30. The van der Waals surface area contributed by atoms with Crippen molar-refractivity contribution in [3.63, 3.8) is 0 Å². The Morgan fingerprint density at radius 3 is 2.35 bits per heavy atom. The maximum Gasteiger partial charge on any atom is 0.278 e. The van der Waals surface area contributed by atoms with Crippen LogP contribution >= 0.6 is 0 Å². The molecule has 2 aliphatic heterocycles. The van der Waals surface area contributed by atoms with Crippen molar-refractivity contribution in [1.29, 1.82) is 0 Å².